The molecule has 3 aromatic rings. The van der Waals surface area contributed by atoms with E-state index in [0.717, 1.165) is 22.0 Å². The maximum Gasteiger partial charge on any atom is 0.192 e. The van der Waals surface area contributed by atoms with Crippen LogP contribution in [0.25, 0.3) is 0 Å². The first-order valence-corrected chi connectivity index (χ1v) is 10.1. The average Bonchev–Trinajstić information content (AvgIpc) is 2.99. The Balaban J connectivity index is 2.07. The molecular formula is C23H22BrNO3. The Bertz CT molecular complexity index is 977. The third-order valence-corrected chi connectivity index (χ3v) is 5.93. The summed E-state index contributed by atoms with van der Waals surface area (Å²) < 4.78 is 13.1. The summed E-state index contributed by atoms with van der Waals surface area (Å²) in [5, 5.41) is 12.3. The summed E-state index contributed by atoms with van der Waals surface area (Å²) in [7, 11) is 1.59. The smallest absolute Gasteiger partial charge is 0.192 e. The standard InChI is InChI=1S/C23H22BrNO3/c1-3-13-22(26)21-19(27-2)14-25-15-20(21)28-23(22,16-7-5-4-6-8-16)17-9-11-18(24)12-10-17/h4-12,14-15,26H,3,13H2,1-2H3/t22?,23-/m1/s1. The molecule has 0 spiro atoms. The molecule has 0 amide bonds. The summed E-state index contributed by atoms with van der Waals surface area (Å²) >= 11 is 3.50. The van der Waals surface area contributed by atoms with Crippen LogP contribution < -0.4 is 9.47 Å². The second-order valence-electron chi connectivity index (χ2n) is 6.98. The number of hydrogen-bond acceptors (Lipinski definition) is 4. The van der Waals surface area contributed by atoms with Gasteiger partial charge in [-0.25, -0.2) is 0 Å². The van der Waals surface area contributed by atoms with E-state index >= 15 is 0 Å². The first kappa shape index (κ1) is 19.0. The molecule has 4 nitrogen and oxygen atoms in total. The van der Waals surface area contributed by atoms with Crippen molar-refractivity contribution < 1.29 is 14.6 Å². The van der Waals surface area contributed by atoms with Crippen LogP contribution in [0.2, 0.25) is 0 Å². The molecule has 4 rings (SSSR count). The van der Waals surface area contributed by atoms with Gasteiger partial charge in [0.25, 0.3) is 0 Å². The molecular weight excluding hydrogens is 418 g/mol. The van der Waals surface area contributed by atoms with Gasteiger partial charge in [0.15, 0.2) is 5.60 Å². The number of rotatable bonds is 5. The summed E-state index contributed by atoms with van der Waals surface area (Å²) in [6.07, 6.45) is 4.56. The van der Waals surface area contributed by atoms with Gasteiger partial charge in [-0.15, -0.1) is 0 Å². The quantitative estimate of drug-likeness (QED) is 0.595. The third-order valence-electron chi connectivity index (χ3n) is 5.40. The van der Waals surface area contributed by atoms with E-state index < -0.39 is 11.2 Å². The maximum atomic E-state index is 12.3. The molecule has 2 heterocycles. The van der Waals surface area contributed by atoms with Gasteiger partial charge in [0.05, 0.1) is 25.1 Å². The summed E-state index contributed by atoms with van der Waals surface area (Å²) in [6.45, 7) is 2.06. The fraction of sp³-hybridized carbons (Fsp3) is 0.261. The Morgan fingerprint density at radius 1 is 1.04 bits per heavy atom. The van der Waals surface area contributed by atoms with Gasteiger partial charge in [-0.05, 0) is 18.6 Å². The molecule has 144 valence electrons. The number of fused-ring (bicyclic) bond motifs is 1. The van der Waals surface area contributed by atoms with Crippen LogP contribution in [0, 0.1) is 0 Å². The van der Waals surface area contributed by atoms with Crippen molar-refractivity contribution in [3.63, 3.8) is 0 Å². The van der Waals surface area contributed by atoms with Crippen molar-refractivity contribution in [3.05, 3.63) is 88.2 Å². The van der Waals surface area contributed by atoms with Crippen molar-refractivity contribution in [3.8, 4) is 11.5 Å². The van der Waals surface area contributed by atoms with Crippen LogP contribution in [0.3, 0.4) is 0 Å². The Labute approximate surface area is 173 Å². The molecule has 1 aliphatic rings. The number of pyridine rings is 1. The van der Waals surface area contributed by atoms with Crippen molar-refractivity contribution in [1.29, 1.82) is 0 Å². The minimum absolute atomic E-state index is 0.505. The molecule has 5 heteroatoms. The summed E-state index contributed by atoms with van der Waals surface area (Å²) in [4.78, 5) is 4.25. The number of aromatic nitrogens is 1. The van der Waals surface area contributed by atoms with Crippen LogP contribution in [-0.4, -0.2) is 17.2 Å². The van der Waals surface area contributed by atoms with Gasteiger partial charge in [0, 0.05) is 15.6 Å². The minimum atomic E-state index is -1.32. The molecule has 2 aromatic carbocycles. The van der Waals surface area contributed by atoms with Gasteiger partial charge in [0.1, 0.15) is 17.1 Å². The van der Waals surface area contributed by atoms with Gasteiger partial charge in [-0.2, -0.15) is 0 Å². The van der Waals surface area contributed by atoms with E-state index in [2.05, 4.69) is 27.8 Å². The summed E-state index contributed by atoms with van der Waals surface area (Å²) in [5.41, 5.74) is -0.0225. The van der Waals surface area contributed by atoms with Crippen molar-refractivity contribution in [2.24, 2.45) is 0 Å². The van der Waals surface area contributed by atoms with E-state index in [1.807, 2.05) is 54.6 Å². The third kappa shape index (κ3) is 2.65. The molecule has 0 bridgehead atoms. The SMILES string of the molecule is CCCC1(O)c2c(OC)cncc2O[C@]1(c1ccccc1)c1ccc(Br)cc1. The number of benzene rings is 2. The van der Waals surface area contributed by atoms with E-state index in [4.69, 9.17) is 9.47 Å². The van der Waals surface area contributed by atoms with Gasteiger partial charge >= 0.3 is 0 Å². The van der Waals surface area contributed by atoms with Crippen molar-refractivity contribution in [1.82, 2.24) is 4.98 Å². The van der Waals surface area contributed by atoms with Gasteiger partial charge < -0.3 is 14.6 Å². The molecule has 1 unspecified atom stereocenters. The zero-order valence-corrected chi connectivity index (χ0v) is 17.4. The molecule has 1 aromatic heterocycles. The Hall–Kier alpha value is -2.37. The number of halogens is 1. The van der Waals surface area contributed by atoms with Crippen LogP contribution >= 0.6 is 15.9 Å². The van der Waals surface area contributed by atoms with Crippen LogP contribution in [0.15, 0.2) is 71.5 Å². The molecule has 0 radical (unpaired) electrons. The maximum absolute atomic E-state index is 12.3. The van der Waals surface area contributed by atoms with E-state index in [0.29, 0.717) is 23.5 Å². The Morgan fingerprint density at radius 2 is 1.71 bits per heavy atom. The first-order valence-electron chi connectivity index (χ1n) is 9.32. The van der Waals surface area contributed by atoms with E-state index in [1.165, 1.54) is 0 Å². The molecule has 0 fully saturated rings. The minimum Gasteiger partial charge on any atom is -0.495 e. The van der Waals surface area contributed by atoms with Crippen LogP contribution in [0.1, 0.15) is 36.5 Å². The highest BCUT2D eigenvalue weighted by molar-refractivity contribution is 9.10. The highest BCUT2D eigenvalue weighted by Gasteiger charge is 2.62. The summed E-state index contributed by atoms with van der Waals surface area (Å²) in [5.74, 6) is 1.07. The Morgan fingerprint density at radius 3 is 2.36 bits per heavy atom. The van der Waals surface area contributed by atoms with Gasteiger partial charge in [0.2, 0.25) is 0 Å². The van der Waals surface area contributed by atoms with Crippen LogP contribution in [-0.2, 0) is 11.2 Å². The van der Waals surface area contributed by atoms with Crippen LogP contribution in [0.4, 0.5) is 0 Å². The lowest BCUT2D eigenvalue weighted by molar-refractivity contribution is -0.103. The topological polar surface area (TPSA) is 51.6 Å². The molecule has 0 aliphatic carbocycles. The first-order chi connectivity index (χ1) is 13.6. The highest BCUT2D eigenvalue weighted by Crippen LogP contribution is 2.60. The molecule has 0 saturated carbocycles. The van der Waals surface area contributed by atoms with Gasteiger partial charge in [-0.1, -0.05) is 71.7 Å². The second-order valence-corrected chi connectivity index (χ2v) is 7.90. The highest BCUT2D eigenvalue weighted by atomic mass is 79.9. The number of aliphatic hydroxyl groups is 1. The molecule has 1 aliphatic heterocycles. The van der Waals surface area contributed by atoms with E-state index in [9.17, 15) is 5.11 Å². The zero-order chi connectivity index (χ0) is 19.8. The van der Waals surface area contributed by atoms with E-state index in [1.54, 1.807) is 19.5 Å². The second kappa shape index (κ2) is 7.22. The van der Waals surface area contributed by atoms with Crippen LogP contribution in [0.5, 0.6) is 11.5 Å². The van der Waals surface area contributed by atoms with Crippen molar-refractivity contribution >= 4 is 15.9 Å². The largest absolute Gasteiger partial charge is 0.495 e. The fourth-order valence-corrected chi connectivity index (χ4v) is 4.54. The molecule has 28 heavy (non-hydrogen) atoms. The number of nitrogens with zero attached hydrogens (tertiary/aromatic N) is 1. The predicted molar refractivity (Wildman–Crippen MR) is 112 cm³/mol. The monoisotopic (exact) mass is 439 g/mol. The number of methoxy groups -OCH3 is 1. The average molecular weight is 440 g/mol. The van der Waals surface area contributed by atoms with Crippen molar-refractivity contribution in [2.75, 3.05) is 7.11 Å². The lowest BCUT2D eigenvalue weighted by Gasteiger charge is -2.42. The lowest BCUT2D eigenvalue weighted by atomic mass is 9.69. The number of ether oxygens (including phenoxy) is 2. The normalized spacial score (nSPS) is 23.1. The van der Waals surface area contributed by atoms with Gasteiger partial charge in [-0.3, -0.25) is 4.98 Å². The molecule has 1 N–H and O–H groups in total. The molecule has 0 saturated heterocycles. The fourth-order valence-electron chi connectivity index (χ4n) is 4.27. The number of hydrogen-bond donors (Lipinski definition) is 1. The zero-order valence-electron chi connectivity index (χ0n) is 15.9. The summed E-state index contributed by atoms with van der Waals surface area (Å²) in [6, 6.07) is 17.8. The van der Waals surface area contributed by atoms with E-state index in [-0.39, 0.29) is 0 Å². The molecule has 2 atom stereocenters. The lowest BCUT2D eigenvalue weighted by Crippen LogP contribution is -2.50. The predicted octanol–water partition coefficient (Wildman–Crippen LogP) is 5.18. The Kier molecular flexibility index (Phi) is 4.89. The van der Waals surface area contributed by atoms with Crippen molar-refractivity contribution in [2.45, 2.75) is 31.0 Å².